The van der Waals surface area contributed by atoms with E-state index in [-0.39, 0.29) is 27.1 Å². The lowest BCUT2D eigenvalue weighted by Crippen LogP contribution is -2.78. The molecule has 1 heterocycles. The zero-order valence-electron chi connectivity index (χ0n) is 35.9. The Balaban J connectivity index is 1.55. The highest BCUT2D eigenvalue weighted by molar-refractivity contribution is 7.86. The maximum Gasteiger partial charge on any atom is 0.335 e. The number of benzene rings is 5. The second-order valence-electron chi connectivity index (χ2n) is 16.4. The van der Waals surface area contributed by atoms with E-state index >= 15 is 0 Å². The Kier molecular flexibility index (Phi) is 12.8. The molecule has 0 spiro atoms. The van der Waals surface area contributed by atoms with Gasteiger partial charge in [-0.15, -0.1) is 0 Å². The van der Waals surface area contributed by atoms with Crippen LogP contribution in [0.15, 0.2) is 135 Å². The molecule has 1 aliphatic heterocycles. The molecule has 6 N–H and O–H groups in total. The lowest BCUT2D eigenvalue weighted by atomic mass is 9.75. The van der Waals surface area contributed by atoms with E-state index in [1.807, 2.05) is 46.4 Å². The second kappa shape index (κ2) is 17.0. The number of anilines is 1. The highest BCUT2D eigenvalue weighted by atomic mass is 32.2. The molecule has 5 aromatic rings. The molecule has 0 atom stereocenters. The number of quaternary nitrogens is 1. The Morgan fingerprint density at radius 2 is 1.29 bits per heavy atom. The standard InChI is InChI=1S/C45H46N2O14S4/c1-8-46-36-24-38(64(56,57)58)34-22-30(62(50,51)52)17-19-32(34)41(36)44(4,5)26(3)10-11-27(28-12-14-29(15-13-28)43(48)49)16-21-40-45(6,7)42-33-20-18-31(63(53,54)55)23-35(33)39(65(59,60)61)25-37(42)47(40)9-2/h10-25,46H,3,8-9H2,1-2,4-7H3,(H,48,49)(H,50,51,52)(H,53,54,55)(H,56,57,58)(H,59,60,61)/b11-10+,27-16-,40-21+. The van der Waals surface area contributed by atoms with E-state index in [2.05, 4.69) is 6.58 Å². The number of fused-ring (bicyclic) bond motifs is 4. The fourth-order valence-electron chi connectivity index (χ4n) is 8.46. The maximum absolute atomic E-state index is 12.8. The van der Waals surface area contributed by atoms with Crippen molar-refractivity contribution in [2.45, 2.75) is 72.0 Å². The number of nitrogens with two attached hydrogens (primary N) is 1. The van der Waals surface area contributed by atoms with Crippen LogP contribution in [-0.4, -0.2) is 76.0 Å². The summed E-state index contributed by atoms with van der Waals surface area (Å²) in [6.07, 6.45) is 6.99. The van der Waals surface area contributed by atoms with Crippen molar-refractivity contribution in [3.05, 3.63) is 137 Å². The first-order valence-corrected chi connectivity index (χ1v) is 25.5. The van der Waals surface area contributed by atoms with Crippen molar-refractivity contribution in [1.29, 1.82) is 0 Å². The molecule has 0 unspecified atom stereocenters. The van der Waals surface area contributed by atoms with Gasteiger partial charge in [0.1, 0.15) is 25.6 Å². The molecule has 0 aliphatic carbocycles. The third kappa shape index (κ3) is 9.31. The third-order valence-corrected chi connectivity index (χ3v) is 15.1. The Bertz CT molecular complexity index is 3410. The van der Waals surface area contributed by atoms with E-state index < -0.39 is 76.9 Å². The van der Waals surface area contributed by atoms with Gasteiger partial charge in [-0.2, -0.15) is 25.3 Å². The summed E-state index contributed by atoms with van der Waals surface area (Å²) >= 11 is 0. The minimum Gasteiger partial charge on any atom is -0.744 e. The maximum atomic E-state index is 12.8. The number of carboxylic acids is 1. The molecular weight excluding hydrogens is 921 g/mol. The topological polar surface area (TPSA) is 277 Å². The van der Waals surface area contributed by atoms with Crippen molar-refractivity contribution in [1.82, 2.24) is 0 Å². The first-order chi connectivity index (χ1) is 29.9. The van der Waals surface area contributed by atoms with Crippen LogP contribution in [0, 0.1) is 0 Å². The number of allylic oxidation sites excluding steroid dienone is 7. The van der Waals surface area contributed by atoms with E-state index in [1.165, 1.54) is 36.4 Å². The van der Waals surface area contributed by atoms with Gasteiger partial charge < -0.3 is 19.9 Å². The number of carbonyl (C=O) groups is 1. The molecule has 344 valence electrons. The number of nitrogens with zero attached hydrogens (tertiary/aromatic N) is 1. The number of hydrogen-bond donors (Lipinski definition) is 5. The molecule has 6 rings (SSSR count). The quantitative estimate of drug-likeness (QED) is 0.0439. The monoisotopic (exact) mass is 966 g/mol. The zero-order chi connectivity index (χ0) is 48.4. The predicted molar refractivity (Wildman–Crippen MR) is 244 cm³/mol. The summed E-state index contributed by atoms with van der Waals surface area (Å²) in [5.74, 6) is -1.15. The smallest absolute Gasteiger partial charge is 0.335 e. The van der Waals surface area contributed by atoms with Gasteiger partial charge in [-0.25, -0.2) is 13.2 Å². The predicted octanol–water partition coefficient (Wildman–Crippen LogP) is 6.73. The molecule has 1 aliphatic rings. The van der Waals surface area contributed by atoms with Crippen LogP contribution < -0.4 is 10.2 Å². The average Bonchev–Trinajstić information content (AvgIpc) is 3.42. The SMILES string of the molecule is C=C(/C=C/C(=C/C=C1/N(CC)c2cc(S(=O)(=O)O)c3cc(S(=O)(=O)[O-])ccc3c2C1(C)C)c1ccc(C(=O)O)cc1)C(C)(C)c1c([NH2+]CC)cc(S(=O)(=O)O)c2cc(S(=O)(=O)O)ccc12. The molecular formula is C45H46N2O14S4. The molecule has 0 amide bonds. The van der Waals surface area contributed by atoms with Crippen molar-refractivity contribution in [2.75, 3.05) is 18.0 Å². The first kappa shape index (κ1) is 48.9. The van der Waals surface area contributed by atoms with Crippen LogP contribution in [0.1, 0.15) is 68.6 Å². The van der Waals surface area contributed by atoms with Gasteiger partial charge in [0.25, 0.3) is 30.4 Å². The second-order valence-corrected chi connectivity index (χ2v) is 22.0. The summed E-state index contributed by atoms with van der Waals surface area (Å²) in [7, 11) is -19.6. The van der Waals surface area contributed by atoms with E-state index in [0.29, 0.717) is 58.0 Å². The van der Waals surface area contributed by atoms with Gasteiger partial charge >= 0.3 is 5.97 Å². The molecule has 5 aromatic carbocycles. The van der Waals surface area contributed by atoms with E-state index in [1.54, 1.807) is 41.8 Å². The van der Waals surface area contributed by atoms with E-state index in [4.69, 9.17) is 0 Å². The number of aromatic carboxylic acids is 1. The summed E-state index contributed by atoms with van der Waals surface area (Å²) in [6.45, 7) is 16.1. The van der Waals surface area contributed by atoms with Crippen molar-refractivity contribution in [2.24, 2.45) is 0 Å². The summed E-state index contributed by atoms with van der Waals surface area (Å²) in [6, 6.07) is 15.3. The van der Waals surface area contributed by atoms with Crippen LogP contribution in [0.5, 0.6) is 0 Å². The Morgan fingerprint density at radius 1 is 0.754 bits per heavy atom. The minimum atomic E-state index is -5.01. The number of rotatable bonds is 14. The van der Waals surface area contributed by atoms with Crippen LogP contribution in [0.2, 0.25) is 0 Å². The number of likely N-dealkylation sites (N-methyl/N-ethyl adjacent to an activating group) is 1. The normalized spacial score (nSPS) is 15.6. The van der Waals surface area contributed by atoms with E-state index in [0.717, 1.165) is 24.3 Å². The lowest BCUT2D eigenvalue weighted by Gasteiger charge is -2.29. The fourth-order valence-corrected chi connectivity index (χ4v) is 10.9. The molecule has 0 aromatic heterocycles. The van der Waals surface area contributed by atoms with Crippen molar-refractivity contribution < 1.29 is 67.1 Å². The third-order valence-electron chi connectivity index (χ3n) is 11.7. The van der Waals surface area contributed by atoms with Crippen molar-refractivity contribution >= 4 is 84.9 Å². The van der Waals surface area contributed by atoms with E-state index in [9.17, 15) is 61.8 Å². The zero-order valence-corrected chi connectivity index (χ0v) is 39.2. The highest BCUT2D eigenvalue weighted by Gasteiger charge is 2.42. The Hall–Kier alpha value is -5.55. The lowest BCUT2D eigenvalue weighted by molar-refractivity contribution is -0.568. The van der Waals surface area contributed by atoms with Crippen LogP contribution >= 0.6 is 0 Å². The van der Waals surface area contributed by atoms with Crippen LogP contribution in [-0.2, 0) is 51.3 Å². The molecule has 0 saturated heterocycles. The molecule has 20 heteroatoms. The van der Waals surface area contributed by atoms with Crippen molar-refractivity contribution in [3.8, 4) is 0 Å². The summed E-state index contributed by atoms with van der Waals surface area (Å²) < 4.78 is 141. The molecule has 0 radical (unpaired) electrons. The van der Waals surface area contributed by atoms with Gasteiger partial charge in [0.2, 0.25) is 0 Å². The Morgan fingerprint density at radius 3 is 1.83 bits per heavy atom. The fraction of sp³-hybridized carbons (Fsp3) is 0.222. The van der Waals surface area contributed by atoms with Crippen LogP contribution in [0.3, 0.4) is 0 Å². The summed E-state index contributed by atoms with van der Waals surface area (Å²) in [4.78, 5) is 11.2. The van der Waals surface area contributed by atoms with Gasteiger partial charge in [0, 0.05) is 51.2 Å². The van der Waals surface area contributed by atoms with Crippen LogP contribution in [0.4, 0.5) is 11.4 Å². The van der Waals surface area contributed by atoms with Gasteiger partial charge in [-0.1, -0.05) is 76.8 Å². The molecule has 0 fully saturated rings. The first-order valence-electron chi connectivity index (χ1n) is 19.8. The van der Waals surface area contributed by atoms with Gasteiger partial charge in [0.05, 0.1) is 21.9 Å². The molecule has 65 heavy (non-hydrogen) atoms. The number of carboxylic acid groups (broad SMARTS) is 1. The molecule has 0 bridgehead atoms. The van der Waals surface area contributed by atoms with Crippen molar-refractivity contribution in [3.63, 3.8) is 0 Å². The van der Waals surface area contributed by atoms with Crippen LogP contribution in [0.25, 0.3) is 27.1 Å². The average molecular weight is 967 g/mol. The highest BCUT2D eigenvalue weighted by Crippen LogP contribution is 2.52. The number of hydrogen-bond acceptors (Lipinski definition) is 11. The summed E-state index contributed by atoms with van der Waals surface area (Å²) in [5.41, 5.74) is 2.21. The summed E-state index contributed by atoms with van der Waals surface area (Å²) in [5, 5.41) is 11.6. The largest absolute Gasteiger partial charge is 0.744 e. The van der Waals surface area contributed by atoms with Gasteiger partial charge in [0.15, 0.2) is 0 Å². The van der Waals surface area contributed by atoms with Gasteiger partial charge in [-0.3, -0.25) is 13.7 Å². The minimum absolute atomic E-state index is 0.0250. The molecule has 16 nitrogen and oxygen atoms in total. The molecule has 0 saturated carbocycles. The van der Waals surface area contributed by atoms with Gasteiger partial charge in [-0.05, 0) is 95.4 Å². The Labute approximate surface area is 377 Å².